The summed E-state index contributed by atoms with van der Waals surface area (Å²) in [6, 6.07) is 13.3. The van der Waals surface area contributed by atoms with Crippen LogP contribution in [0.4, 0.5) is 0 Å². The Morgan fingerprint density at radius 1 is 0.683 bits per heavy atom. The molecule has 60 heavy (non-hydrogen) atoms. The summed E-state index contributed by atoms with van der Waals surface area (Å²) in [5, 5.41) is 11.4. The molecule has 0 aromatic heterocycles. The summed E-state index contributed by atoms with van der Waals surface area (Å²) in [5.41, 5.74) is 0.647. The molecule has 1 fully saturated rings. The van der Waals surface area contributed by atoms with Crippen LogP contribution in [0.2, 0.25) is 36.3 Å². The Balaban J connectivity index is 1.80. The van der Waals surface area contributed by atoms with E-state index in [9.17, 15) is 14.7 Å². The lowest BCUT2D eigenvalue weighted by Gasteiger charge is -2.48. The van der Waals surface area contributed by atoms with Crippen LogP contribution in [-0.2, 0) is 37.3 Å². The molecular formula is C44H67IO13Si2. The predicted molar refractivity (Wildman–Crippen MR) is 242 cm³/mol. The van der Waals surface area contributed by atoms with E-state index in [0.717, 1.165) is 0 Å². The van der Waals surface area contributed by atoms with E-state index in [1.54, 1.807) is 82.0 Å². The van der Waals surface area contributed by atoms with Gasteiger partial charge >= 0.3 is 11.9 Å². The lowest BCUT2D eigenvalue weighted by Crippen LogP contribution is -2.60. The number of methoxy groups -OCH3 is 4. The van der Waals surface area contributed by atoms with E-state index in [4.69, 9.17) is 46.7 Å². The lowest BCUT2D eigenvalue weighted by molar-refractivity contribution is -0.241. The van der Waals surface area contributed by atoms with E-state index in [1.807, 2.05) is 0 Å². The lowest BCUT2D eigenvalue weighted by atomic mass is 9.92. The topological polar surface area (TPSA) is 147 Å². The summed E-state index contributed by atoms with van der Waals surface area (Å²) in [6.45, 7) is 21.7. The van der Waals surface area contributed by atoms with Crippen LogP contribution in [0, 0.1) is 0 Å². The Labute approximate surface area is 372 Å². The molecule has 0 saturated carbocycles. The number of alkyl halides is 1. The quantitative estimate of drug-likeness (QED) is 0.0532. The first-order valence-electron chi connectivity index (χ1n) is 20.4. The third kappa shape index (κ3) is 12.6. The van der Waals surface area contributed by atoms with Gasteiger partial charge in [0, 0.05) is 27.1 Å². The normalized spacial score (nSPS) is 26.2. The number of carbonyl (C=O) groups excluding carboxylic acids is 2. The number of ether oxygens (including phenoxy) is 8. The van der Waals surface area contributed by atoms with E-state index in [0.29, 0.717) is 22.6 Å². The summed E-state index contributed by atoms with van der Waals surface area (Å²) in [4.78, 5) is 27.3. The zero-order chi connectivity index (χ0) is 44.8. The van der Waals surface area contributed by atoms with Gasteiger partial charge in [0.1, 0.15) is 35.9 Å². The fraction of sp³-hybridized carbons (Fsp3) is 0.636. The molecule has 4 rings (SSSR count). The maximum atomic E-state index is 13.7. The van der Waals surface area contributed by atoms with Gasteiger partial charge in [-0.1, -0.05) is 64.1 Å². The van der Waals surface area contributed by atoms with Crippen molar-refractivity contribution in [3.8, 4) is 11.5 Å². The number of benzene rings is 2. The number of aliphatic hydroxyl groups excluding tert-OH is 1. The van der Waals surface area contributed by atoms with Gasteiger partial charge in [-0.05, 0) is 96.9 Å². The Hall–Kier alpha value is -2.40. The fourth-order valence-corrected chi connectivity index (χ4v) is 10.0. The number of hydrogen-bond donors (Lipinski definition) is 1. The predicted octanol–water partition coefficient (Wildman–Crippen LogP) is 8.48. The monoisotopic (exact) mass is 986 g/mol. The number of hydrogen-bond acceptors (Lipinski definition) is 13. The number of carbonyl (C=O) groups is 2. The van der Waals surface area contributed by atoms with Gasteiger partial charge in [0.15, 0.2) is 35.3 Å². The summed E-state index contributed by atoms with van der Waals surface area (Å²) in [6.07, 6.45) is -3.65. The molecule has 0 bridgehead atoms. The van der Waals surface area contributed by atoms with Crippen LogP contribution in [0.25, 0.3) is 0 Å². The van der Waals surface area contributed by atoms with Crippen molar-refractivity contribution in [2.45, 2.75) is 150 Å². The molecule has 0 unspecified atom stereocenters. The maximum Gasteiger partial charge on any atom is 0.338 e. The third-order valence-corrected chi connectivity index (χ3v) is 22.5. The van der Waals surface area contributed by atoms with Crippen LogP contribution >= 0.6 is 22.6 Å². The van der Waals surface area contributed by atoms with Gasteiger partial charge in [0.25, 0.3) is 0 Å². The zero-order valence-corrected chi connectivity index (χ0v) is 41.8. The average Bonchev–Trinajstić information content (AvgIpc) is 3.19. The SMILES string of the molecule is COc1ccc(C(=O)O[C@H]2[C@@H](O)[C@H](I)[C@@H](OC)O[C@@H]2C[C@@H](O[Si](C)(C)C(C)(C)C)[C@@H](C[C@H]2O[C@H](OC)C=C[C@@H]2OC(=O)c2ccc(OC)cc2)O[Si](C)(C)C(C)(C)C)cc1. The zero-order valence-electron chi connectivity index (χ0n) is 37.7. The molecule has 0 spiro atoms. The second kappa shape index (κ2) is 20.9. The molecule has 13 nitrogen and oxygen atoms in total. The van der Waals surface area contributed by atoms with Crippen LogP contribution in [-0.4, -0.2) is 121 Å². The van der Waals surface area contributed by atoms with E-state index in [1.165, 1.54) is 7.11 Å². The van der Waals surface area contributed by atoms with E-state index >= 15 is 0 Å². The highest BCUT2D eigenvalue weighted by Gasteiger charge is 2.51. The minimum absolute atomic E-state index is 0.152. The van der Waals surface area contributed by atoms with Crippen molar-refractivity contribution in [1.82, 2.24) is 0 Å². The smallest absolute Gasteiger partial charge is 0.338 e. The number of esters is 2. The van der Waals surface area contributed by atoms with Crippen LogP contribution in [0.1, 0.15) is 75.1 Å². The van der Waals surface area contributed by atoms with Crippen molar-refractivity contribution >= 4 is 51.2 Å². The highest BCUT2D eigenvalue weighted by Crippen LogP contribution is 2.43. The van der Waals surface area contributed by atoms with Gasteiger partial charge in [-0.15, -0.1) is 0 Å². The Bertz CT molecular complexity index is 1730. The second-order valence-corrected chi connectivity index (χ2v) is 29.3. The van der Waals surface area contributed by atoms with Gasteiger partial charge in [0.2, 0.25) is 0 Å². The van der Waals surface area contributed by atoms with Crippen molar-refractivity contribution < 1.29 is 61.4 Å². The molecule has 2 heterocycles. The van der Waals surface area contributed by atoms with Gasteiger partial charge in [-0.3, -0.25) is 0 Å². The molecule has 0 radical (unpaired) electrons. The highest BCUT2D eigenvalue weighted by atomic mass is 127. The van der Waals surface area contributed by atoms with E-state index in [2.05, 4.69) is 90.3 Å². The Morgan fingerprint density at radius 2 is 1.13 bits per heavy atom. The molecule has 16 heteroatoms. The molecule has 1 N–H and O–H groups in total. The Morgan fingerprint density at radius 3 is 1.55 bits per heavy atom. The largest absolute Gasteiger partial charge is 0.497 e. The van der Waals surface area contributed by atoms with Crippen LogP contribution in [0.15, 0.2) is 60.7 Å². The van der Waals surface area contributed by atoms with Crippen LogP contribution < -0.4 is 9.47 Å². The molecular weight excluding hydrogens is 920 g/mol. The van der Waals surface area contributed by atoms with Crippen molar-refractivity contribution in [2.75, 3.05) is 28.4 Å². The van der Waals surface area contributed by atoms with Crippen molar-refractivity contribution in [1.29, 1.82) is 0 Å². The fourth-order valence-electron chi connectivity index (χ4n) is 6.42. The molecule has 336 valence electrons. The van der Waals surface area contributed by atoms with Gasteiger partial charge in [0.05, 0.1) is 41.5 Å². The first kappa shape index (κ1) is 50.3. The first-order valence-corrected chi connectivity index (χ1v) is 27.4. The van der Waals surface area contributed by atoms with Crippen LogP contribution in [0.3, 0.4) is 0 Å². The van der Waals surface area contributed by atoms with Gasteiger partial charge in [-0.2, -0.15) is 0 Å². The Kier molecular flexibility index (Phi) is 17.5. The molecule has 0 amide bonds. The molecule has 2 aromatic carbocycles. The summed E-state index contributed by atoms with van der Waals surface area (Å²) >= 11 is 2.07. The average molecular weight is 987 g/mol. The highest BCUT2D eigenvalue weighted by molar-refractivity contribution is 14.1. The summed E-state index contributed by atoms with van der Waals surface area (Å²) in [5.74, 6) is 0.0498. The molecule has 2 aliphatic heterocycles. The number of halogens is 1. The van der Waals surface area contributed by atoms with Crippen molar-refractivity contribution in [2.24, 2.45) is 0 Å². The number of rotatable bonds is 17. The minimum Gasteiger partial charge on any atom is -0.497 e. The number of aliphatic hydroxyl groups is 1. The summed E-state index contributed by atoms with van der Waals surface area (Å²) < 4.78 is 61.6. The minimum atomic E-state index is -2.60. The molecule has 10 atom stereocenters. The molecule has 0 aliphatic carbocycles. The standard InChI is InChI=1S/C44H67IO13Si2/c1-43(2,3)59(11,12)57-33(25-32-31(23-24-36(51-9)53-32)54-40(47)27-15-19-29(49-7)20-16-27)34(58-60(13,14)44(4,5)6)26-35-39(38(46)37(45)42(52-10)55-35)56-41(48)28-17-21-30(50-8)22-18-28/h15-24,31-39,42,46H,25-26H2,1-14H3/t31-,32+,33+,34+,35+,36-,37-,38-,39+,42-/m0/s1. The second-order valence-electron chi connectivity index (χ2n) is 18.4. The van der Waals surface area contributed by atoms with Crippen LogP contribution in [0.5, 0.6) is 11.5 Å². The molecule has 1 saturated heterocycles. The molecule has 2 aromatic rings. The van der Waals surface area contributed by atoms with Crippen molar-refractivity contribution in [3.63, 3.8) is 0 Å². The molecule has 2 aliphatic rings. The summed E-state index contributed by atoms with van der Waals surface area (Å²) in [7, 11) is 0.995. The third-order valence-electron chi connectivity index (χ3n) is 12.2. The maximum absolute atomic E-state index is 13.7. The van der Waals surface area contributed by atoms with Gasteiger partial charge in [-0.25, -0.2) is 9.59 Å². The van der Waals surface area contributed by atoms with E-state index < -0.39 is 87.8 Å². The van der Waals surface area contributed by atoms with Gasteiger partial charge < -0.3 is 51.9 Å². The first-order chi connectivity index (χ1) is 27.9. The van der Waals surface area contributed by atoms with Crippen molar-refractivity contribution in [3.05, 3.63) is 71.8 Å². The van der Waals surface area contributed by atoms with E-state index in [-0.39, 0.29) is 22.9 Å².